The lowest BCUT2D eigenvalue weighted by atomic mass is 10.1. The van der Waals surface area contributed by atoms with Crippen molar-refractivity contribution in [1.29, 1.82) is 5.26 Å². The zero-order chi connectivity index (χ0) is 14.1. The predicted molar refractivity (Wildman–Crippen MR) is 86.2 cm³/mol. The van der Waals surface area contributed by atoms with Gasteiger partial charge in [0.05, 0.1) is 32.8 Å². The molecule has 0 radical (unpaired) electrons. The van der Waals surface area contributed by atoms with Crippen molar-refractivity contribution in [2.45, 2.75) is 0 Å². The molecular formula is C14H9BrN4S. The molecule has 0 saturated carbocycles. The zero-order valence-electron chi connectivity index (χ0n) is 10.2. The van der Waals surface area contributed by atoms with Crippen molar-refractivity contribution in [2.75, 3.05) is 11.1 Å². The van der Waals surface area contributed by atoms with Crippen LogP contribution in [0.1, 0.15) is 5.56 Å². The van der Waals surface area contributed by atoms with Crippen molar-refractivity contribution < 1.29 is 0 Å². The summed E-state index contributed by atoms with van der Waals surface area (Å²) in [6.07, 6.45) is 0. The first kappa shape index (κ1) is 12.9. The number of fused-ring (bicyclic) bond motifs is 1. The van der Waals surface area contributed by atoms with E-state index in [-0.39, 0.29) is 0 Å². The van der Waals surface area contributed by atoms with Crippen LogP contribution in [0.3, 0.4) is 0 Å². The number of aromatic nitrogens is 1. The van der Waals surface area contributed by atoms with E-state index in [4.69, 9.17) is 5.73 Å². The maximum atomic E-state index is 9.18. The van der Waals surface area contributed by atoms with Crippen molar-refractivity contribution >= 4 is 54.5 Å². The third-order valence-electron chi connectivity index (χ3n) is 2.91. The number of halogens is 1. The molecule has 20 heavy (non-hydrogen) atoms. The van der Waals surface area contributed by atoms with Crippen molar-refractivity contribution in [3.05, 3.63) is 45.9 Å². The molecule has 3 aromatic rings. The number of hydrogen-bond donors (Lipinski definition) is 2. The second-order valence-electron chi connectivity index (χ2n) is 4.15. The Morgan fingerprint density at radius 2 is 2.05 bits per heavy atom. The first-order chi connectivity index (χ1) is 9.69. The van der Waals surface area contributed by atoms with Crippen LogP contribution in [0, 0.1) is 11.3 Å². The highest BCUT2D eigenvalue weighted by molar-refractivity contribution is 9.10. The molecule has 0 aliphatic rings. The van der Waals surface area contributed by atoms with Gasteiger partial charge < -0.3 is 11.1 Å². The molecular weight excluding hydrogens is 336 g/mol. The van der Waals surface area contributed by atoms with Crippen LogP contribution in [0.2, 0.25) is 0 Å². The minimum atomic E-state index is 0.553. The topological polar surface area (TPSA) is 74.7 Å². The lowest BCUT2D eigenvalue weighted by Crippen LogP contribution is -1.98. The van der Waals surface area contributed by atoms with Crippen LogP contribution in [-0.4, -0.2) is 4.98 Å². The van der Waals surface area contributed by atoms with Crippen molar-refractivity contribution in [2.24, 2.45) is 0 Å². The Balaban J connectivity index is 2.05. The average Bonchev–Trinajstić information content (AvgIpc) is 2.93. The number of nitriles is 1. The van der Waals surface area contributed by atoms with Crippen LogP contribution in [0.25, 0.3) is 10.2 Å². The van der Waals surface area contributed by atoms with Gasteiger partial charge in [-0.1, -0.05) is 15.9 Å². The van der Waals surface area contributed by atoms with E-state index in [1.807, 2.05) is 24.3 Å². The highest BCUT2D eigenvalue weighted by atomic mass is 79.9. The Morgan fingerprint density at radius 3 is 2.85 bits per heavy atom. The maximum Gasteiger partial charge on any atom is 0.106 e. The standard InChI is InChI=1S/C14H9BrN4S/c15-9-1-2-10(8(5-9)6-16)19-11-3-4-12-14(13(11)17)18-7-20-12/h1-5,7,19H,17H2. The lowest BCUT2D eigenvalue weighted by Gasteiger charge is -2.11. The monoisotopic (exact) mass is 344 g/mol. The predicted octanol–water partition coefficient (Wildman–Crippen LogP) is 4.26. The Labute approximate surface area is 128 Å². The van der Waals surface area contributed by atoms with E-state index in [2.05, 4.69) is 32.3 Å². The molecule has 3 rings (SSSR count). The molecule has 0 aliphatic heterocycles. The van der Waals surface area contributed by atoms with Gasteiger partial charge in [-0.2, -0.15) is 5.26 Å². The van der Waals surface area contributed by atoms with Crippen molar-refractivity contribution in [3.63, 3.8) is 0 Å². The van der Waals surface area contributed by atoms with E-state index in [0.29, 0.717) is 11.3 Å². The number of nitrogen functional groups attached to an aromatic ring is 1. The first-order valence-corrected chi connectivity index (χ1v) is 7.44. The number of nitrogens with one attached hydrogen (secondary N) is 1. The van der Waals surface area contributed by atoms with Gasteiger partial charge in [-0.3, -0.25) is 0 Å². The molecule has 1 heterocycles. The first-order valence-electron chi connectivity index (χ1n) is 5.77. The van der Waals surface area contributed by atoms with Crippen LogP contribution in [0.4, 0.5) is 17.1 Å². The molecule has 6 heteroatoms. The Hall–Kier alpha value is -2.10. The second-order valence-corrected chi connectivity index (χ2v) is 5.95. The molecule has 0 spiro atoms. The number of thiazole rings is 1. The third kappa shape index (κ3) is 2.22. The molecule has 0 bridgehead atoms. The minimum Gasteiger partial charge on any atom is -0.395 e. The fourth-order valence-corrected chi connectivity index (χ4v) is 2.98. The van der Waals surface area contributed by atoms with Crippen molar-refractivity contribution in [1.82, 2.24) is 4.98 Å². The van der Waals surface area contributed by atoms with Crippen LogP contribution in [0.15, 0.2) is 40.3 Å². The van der Waals surface area contributed by atoms with E-state index < -0.39 is 0 Å². The van der Waals surface area contributed by atoms with Gasteiger partial charge in [0.25, 0.3) is 0 Å². The van der Waals surface area contributed by atoms with Gasteiger partial charge in [0.2, 0.25) is 0 Å². The third-order valence-corrected chi connectivity index (χ3v) is 4.20. The summed E-state index contributed by atoms with van der Waals surface area (Å²) in [5.41, 5.74) is 11.3. The van der Waals surface area contributed by atoms with Gasteiger partial charge in [0.15, 0.2) is 0 Å². The van der Waals surface area contributed by atoms with Crippen LogP contribution in [0.5, 0.6) is 0 Å². The molecule has 0 saturated heterocycles. The van der Waals surface area contributed by atoms with Gasteiger partial charge in [0, 0.05) is 4.47 Å². The Bertz CT molecular complexity index is 835. The number of hydrogen-bond acceptors (Lipinski definition) is 5. The summed E-state index contributed by atoms with van der Waals surface area (Å²) in [7, 11) is 0. The highest BCUT2D eigenvalue weighted by Gasteiger charge is 2.09. The largest absolute Gasteiger partial charge is 0.395 e. The molecule has 0 atom stereocenters. The highest BCUT2D eigenvalue weighted by Crippen LogP contribution is 2.33. The van der Waals surface area contributed by atoms with Crippen LogP contribution < -0.4 is 11.1 Å². The summed E-state index contributed by atoms with van der Waals surface area (Å²) in [5, 5.41) is 12.4. The molecule has 3 N–H and O–H groups in total. The summed E-state index contributed by atoms with van der Waals surface area (Å²) in [6, 6.07) is 11.5. The number of nitrogens with two attached hydrogens (primary N) is 1. The van der Waals surface area contributed by atoms with E-state index in [1.165, 1.54) is 0 Å². The number of benzene rings is 2. The van der Waals surface area contributed by atoms with E-state index in [0.717, 1.165) is 26.1 Å². The van der Waals surface area contributed by atoms with E-state index >= 15 is 0 Å². The SMILES string of the molecule is N#Cc1cc(Br)ccc1Nc1ccc2scnc2c1N. The fourth-order valence-electron chi connectivity index (χ4n) is 1.92. The quantitative estimate of drug-likeness (QED) is 0.681. The van der Waals surface area contributed by atoms with Gasteiger partial charge in [-0.05, 0) is 30.3 Å². The van der Waals surface area contributed by atoms with Gasteiger partial charge in [-0.15, -0.1) is 11.3 Å². The molecule has 0 fully saturated rings. The molecule has 0 aliphatic carbocycles. The number of anilines is 3. The fraction of sp³-hybridized carbons (Fsp3) is 0. The average molecular weight is 345 g/mol. The molecule has 0 unspecified atom stereocenters. The molecule has 4 nitrogen and oxygen atoms in total. The number of rotatable bonds is 2. The Morgan fingerprint density at radius 1 is 1.25 bits per heavy atom. The lowest BCUT2D eigenvalue weighted by molar-refractivity contribution is 1.45. The molecule has 98 valence electrons. The van der Waals surface area contributed by atoms with Crippen LogP contribution >= 0.6 is 27.3 Å². The summed E-state index contributed by atoms with van der Waals surface area (Å²) in [4.78, 5) is 4.26. The summed E-state index contributed by atoms with van der Waals surface area (Å²) in [5.74, 6) is 0. The molecule has 2 aromatic carbocycles. The van der Waals surface area contributed by atoms with E-state index in [9.17, 15) is 5.26 Å². The Kier molecular flexibility index (Phi) is 3.30. The minimum absolute atomic E-state index is 0.553. The zero-order valence-corrected chi connectivity index (χ0v) is 12.6. The summed E-state index contributed by atoms with van der Waals surface area (Å²) < 4.78 is 1.91. The van der Waals surface area contributed by atoms with Crippen LogP contribution in [-0.2, 0) is 0 Å². The second kappa shape index (κ2) is 5.12. The van der Waals surface area contributed by atoms with Gasteiger partial charge in [-0.25, -0.2) is 4.98 Å². The smallest absolute Gasteiger partial charge is 0.106 e. The van der Waals surface area contributed by atoms with Gasteiger partial charge >= 0.3 is 0 Å². The van der Waals surface area contributed by atoms with Gasteiger partial charge in [0.1, 0.15) is 11.6 Å². The van der Waals surface area contributed by atoms with Crippen molar-refractivity contribution in [3.8, 4) is 6.07 Å². The maximum absolute atomic E-state index is 9.18. The molecule has 1 aromatic heterocycles. The summed E-state index contributed by atoms with van der Waals surface area (Å²) in [6.45, 7) is 0. The van der Waals surface area contributed by atoms with E-state index in [1.54, 1.807) is 22.9 Å². The number of nitrogens with zero attached hydrogens (tertiary/aromatic N) is 2. The molecule has 0 amide bonds. The normalized spacial score (nSPS) is 10.4. The summed E-state index contributed by atoms with van der Waals surface area (Å²) >= 11 is 4.90.